The van der Waals surface area contributed by atoms with Gasteiger partial charge < -0.3 is 0 Å². The smallest absolute Gasteiger partial charge is 0.261 e. The third kappa shape index (κ3) is 6.28. The van der Waals surface area contributed by atoms with Crippen LogP contribution in [0.3, 0.4) is 0 Å². The second-order valence-corrected chi connectivity index (χ2v) is 13.1. The molecule has 7 nitrogen and oxygen atoms in total. The Morgan fingerprint density at radius 2 is 1.70 bits per heavy atom. The lowest BCUT2D eigenvalue weighted by molar-refractivity contribution is 0.0880. The van der Waals surface area contributed by atoms with E-state index in [0.29, 0.717) is 27.5 Å². The van der Waals surface area contributed by atoms with Gasteiger partial charge in [-0.2, -0.15) is 0 Å². The van der Waals surface area contributed by atoms with Crippen LogP contribution >= 0.6 is 27.5 Å². The largest absolute Gasteiger partial charge is 0.298 e. The molecule has 4 rings (SSSR count). The number of halogens is 2. The monoisotopic (exact) mass is 608 g/mol. The Balaban J connectivity index is 1.57. The van der Waals surface area contributed by atoms with Gasteiger partial charge in [0, 0.05) is 48.3 Å². The quantitative estimate of drug-likeness (QED) is 0.341. The highest BCUT2D eigenvalue weighted by molar-refractivity contribution is 9.10. The summed E-state index contributed by atoms with van der Waals surface area (Å²) in [6.45, 7) is 11.1. The molecule has 1 aromatic heterocycles. The summed E-state index contributed by atoms with van der Waals surface area (Å²) in [5.41, 5.74) is 1.97. The molecule has 3 aromatic rings. The van der Waals surface area contributed by atoms with Crippen molar-refractivity contribution >= 4 is 48.3 Å². The minimum Gasteiger partial charge on any atom is -0.298 e. The molecule has 10 heteroatoms. The van der Waals surface area contributed by atoms with Crippen molar-refractivity contribution in [2.45, 2.75) is 57.6 Å². The molecule has 200 valence electrons. The first kappa shape index (κ1) is 28.2. The Kier molecular flexibility index (Phi) is 9.12. The number of hydrogen-bond donors (Lipinski definition) is 0. The van der Waals surface area contributed by atoms with Gasteiger partial charge in [-0.3, -0.25) is 19.2 Å². The number of hydrogen-bond acceptors (Lipinski definition) is 6. The SMILES string of the molecule is CCC(CC)N1CCN(Cc2cc3ncn(Cc4cc(Cl)ccc4S(=O)(=O)CC)c(=O)c3cc2Br)CC1. The second-order valence-electron chi connectivity index (χ2n) is 9.58. The van der Waals surface area contributed by atoms with Crippen molar-refractivity contribution in [2.24, 2.45) is 0 Å². The van der Waals surface area contributed by atoms with E-state index >= 15 is 0 Å². The molecule has 1 fully saturated rings. The third-order valence-corrected chi connectivity index (χ3v) is 10.1. The van der Waals surface area contributed by atoms with Crippen molar-refractivity contribution in [2.75, 3.05) is 31.9 Å². The van der Waals surface area contributed by atoms with Crippen LogP contribution in [0.2, 0.25) is 5.02 Å². The number of piperazine rings is 1. The zero-order valence-corrected chi connectivity index (χ0v) is 24.7. The minimum absolute atomic E-state index is 0.0327. The molecule has 0 amide bonds. The highest BCUT2D eigenvalue weighted by atomic mass is 79.9. The molecule has 1 saturated heterocycles. The van der Waals surface area contributed by atoms with Crippen LogP contribution in [-0.4, -0.2) is 65.7 Å². The lowest BCUT2D eigenvalue weighted by Crippen LogP contribution is -2.49. The van der Waals surface area contributed by atoms with Gasteiger partial charge in [-0.15, -0.1) is 0 Å². The first-order valence-corrected chi connectivity index (χ1v) is 15.6. The van der Waals surface area contributed by atoms with Gasteiger partial charge >= 0.3 is 0 Å². The first-order valence-electron chi connectivity index (χ1n) is 12.8. The molecular weight excluding hydrogens is 576 g/mol. The average molecular weight is 610 g/mol. The van der Waals surface area contributed by atoms with E-state index in [-0.39, 0.29) is 22.8 Å². The standard InChI is InChI=1S/C27H34BrClN4O3S/c1-4-22(5-2)32-11-9-31(10-12-32)16-19-14-25-23(15-24(19)28)27(34)33(18-30-25)17-20-13-21(29)7-8-26(20)37(35,36)6-3/h7-8,13-15,18,22H,4-6,9-12,16-17H2,1-3H3. The fourth-order valence-corrected chi connectivity index (χ4v) is 6.88. The van der Waals surface area contributed by atoms with Crippen LogP contribution in [0.15, 0.2) is 50.8 Å². The van der Waals surface area contributed by atoms with Gasteiger partial charge in [0.2, 0.25) is 0 Å². The van der Waals surface area contributed by atoms with Crippen molar-refractivity contribution in [1.82, 2.24) is 19.4 Å². The topological polar surface area (TPSA) is 75.5 Å². The Labute approximate surface area is 232 Å². The van der Waals surface area contributed by atoms with Gasteiger partial charge in [-0.25, -0.2) is 13.4 Å². The maximum atomic E-state index is 13.4. The van der Waals surface area contributed by atoms with Crippen LogP contribution in [0.25, 0.3) is 10.9 Å². The number of fused-ring (bicyclic) bond motifs is 1. The van der Waals surface area contributed by atoms with E-state index in [0.717, 1.165) is 42.8 Å². The molecule has 2 aromatic carbocycles. The van der Waals surface area contributed by atoms with E-state index in [2.05, 4.69) is 44.6 Å². The van der Waals surface area contributed by atoms with Crippen LogP contribution in [-0.2, 0) is 22.9 Å². The van der Waals surface area contributed by atoms with Gasteiger partial charge in [0.1, 0.15) is 0 Å². The van der Waals surface area contributed by atoms with Crippen molar-refractivity contribution in [1.29, 1.82) is 0 Å². The van der Waals surface area contributed by atoms with E-state index < -0.39 is 9.84 Å². The third-order valence-electron chi connectivity index (χ3n) is 7.33. The Hall–Kier alpha value is -1.78. The summed E-state index contributed by atoms with van der Waals surface area (Å²) in [7, 11) is -3.47. The predicted octanol–water partition coefficient (Wildman–Crippen LogP) is 4.96. The van der Waals surface area contributed by atoms with Crippen LogP contribution < -0.4 is 5.56 Å². The highest BCUT2D eigenvalue weighted by Gasteiger charge is 2.23. The molecule has 0 bridgehead atoms. The van der Waals surface area contributed by atoms with E-state index in [1.165, 1.54) is 29.8 Å². The molecule has 0 spiro atoms. The summed E-state index contributed by atoms with van der Waals surface area (Å²) in [6, 6.07) is 9.13. The van der Waals surface area contributed by atoms with E-state index in [4.69, 9.17) is 11.6 Å². The van der Waals surface area contributed by atoms with Crippen LogP contribution in [0.5, 0.6) is 0 Å². The van der Waals surface area contributed by atoms with Gasteiger partial charge in [0.05, 0.1) is 34.4 Å². The van der Waals surface area contributed by atoms with E-state index in [1.807, 2.05) is 12.1 Å². The summed E-state index contributed by atoms with van der Waals surface area (Å²) >= 11 is 9.83. The lowest BCUT2D eigenvalue weighted by Gasteiger charge is -2.39. The molecule has 2 heterocycles. The molecule has 0 saturated carbocycles. The van der Waals surface area contributed by atoms with Crippen LogP contribution in [0.4, 0.5) is 0 Å². The average Bonchev–Trinajstić information content (AvgIpc) is 2.88. The van der Waals surface area contributed by atoms with Crippen molar-refractivity contribution in [3.05, 3.63) is 67.6 Å². The Morgan fingerprint density at radius 1 is 1.00 bits per heavy atom. The lowest BCUT2D eigenvalue weighted by atomic mass is 10.1. The molecule has 0 unspecified atom stereocenters. The molecule has 1 aliphatic rings. The fraction of sp³-hybridized carbons (Fsp3) is 0.481. The zero-order chi connectivity index (χ0) is 26.7. The Bertz CT molecular complexity index is 1430. The maximum absolute atomic E-state index is 13.4. The minimum atomic E-state index is -3.47. The summed E-state index contributed by atoms with van der Waals surface area (Å²) in [5.74, 6) is -0.0327. The number of benzene rings is 2. The summed E-state index contributed by atoms with van der Waals surface area (Å²) in [5, 5.41) is 0.901. The first-order chi connectivity index (χ1) is 17.7. The van der Waals surface area contributed by atoms with Crippen molar-refractivity contribution in [3.8, 4) is 0 Å². The molecule has 0 N–H and O–H groups in total. The molecule has 0 atom stereocenters. The summed E-state index contributed by atoms with van der Waals surface area (Å²) in [4.78, 5) is 23.1. The molecule has 37 heavy (non-hydrogen) atoms. The van der Waals surface area contributed by atoms with Gasteiger partial charge in [0.15, 0.2) is 9.84 Å². The summed E-state index contributed by atoms with van der Waals surface area (Å²) < 4.78 is 27.5. The van der Waals surface area contributed by atoms with E-state index in [9.17, 15) is 13.2 Å². The van der Waals surface area contributed by atoms with Gasteiger partial charge in [-0.05, 0) is 54.3 Å². The van der Waals surface area contributed by atoms with Gasteiger partial charge in [-0.1, -0.05) is 48.3 Å². The highest BCUT2D eigenvalue weighted by Crippen LogP contribution is 2.25. The molecule has 0 aliphatic carbocycles. The van der Waals surface area contributed by atoms with E-state index in [1.54, 1.807) is 19.1 Å². The maximum Gasteiger partial charge on any atom is 0.261 e. The number of rotatable bonds is 9. The zero-order valence-electron chi connectivity index (χ0n) is 21.6. The molecule has 1 aliphatic heterocycles. The van der Waals surface area contributed by atoms with Crippen molar-refractivity contribution in [3.63, 3.8) is 0 Å². The fourth-order valence-electron chi connectivity index (χ4n) is 5.10. The second kappa shape index (κ2) is 11.9. The van der Waals surface area contributed by atoms with Crippen LogP contribution in [0.1, 0.15) is 44.7 Å². The van der Waals surface area contributed by atoms with Crippen molar-refractivity contribution < 1.29 is 8.42 Å². The number of nitrogens with zero attached hydrogens (tertiary/aromatic N) is 4. The Morgan fingerprint density at radius 3 is 2.35 bits per heavy atom. The molecule has 0 radical (unpaired) electrons. The molecular formula is C27H34BrClN4O3S. The summed E-state index contributed by atoms with van der Waals surface area (Å²) in [6.07, 6.45) is 3.85. The number of sulfone groups is 1. The van der Waals surface area contributed by atoms with Crippen LogP contribution in [0, 0.1) is 0 Å². The number of aromatic nitrogens is 2. The van der Waals surface area contributed by atoms with Gasteiger partial charge in [0.25, 0.3) is 5.56 Å². The normalized spacial score (nSPS) is 15.6. The predicted molar refractivity (Wildman–Crippen MR) is 153 cm³/mol.